The molecule has 1 heterocycles. The lowest BCUT2D eigenvalue weighted by molar-refractivity contribution is -0.127. The van der Waals surface area contributed by atoms with Crippen molar-refractivity contribution in [2.45, 2.75) is 89.3 Å². The molecule has 0 aromatic carbocycles. The van der Waals surface area contributed by atoms with Gasteiger partial charge in [0.1, 0.15) is 5.71 Å². The van der Waals surface area contributed by atoms with Gasteiger partial charge in [0.2, 0.25) is 5.91 Å². The van der Waals surface area contributed by atoms with Crippen molar-refractivity contribution >= 4 is 35.7 Å². The number of carbonyl (C=O) groups is 2. The summed E-state index contributed by atoms with van der Waals surface area (Å²) in [6.07, 6.45) is 1.35. The van der Waals surface area contributed by atoms with Gasteiger partial charge in [-0.25, -0.2) is 8.42 Å². The highest BCUT2D eigenvalue weighted by Crippen LogP contribution is 2.47. The average molecular weight is 486 g/mol. The zero-order chi connectivity index (χ0) is 24.9. The lowest BCUT2D eigenvalue weighted by Crippen LogP contribution is -2.52. The Morgan fingerprint density at radius 1 is 1.22 bits per heavy atom. The highest BCUT2D eigenvalue weighted by atomic mass is 32.2. The monoisotopic (exact) mass is 485 g/mol. The van der Waals surface area contributed by atoms with Crippen LogP contribution < -0.4 is 5.73 Å². The molecule has 0 saturated heterocycles. The van der Waals surface area contributed by atoms with E-state index < -0.39 is 34.4 Å². The number of nitrogens with two attached hydrogens (primary N) is 1. The number of amides is 2. The van der Waals surface area contributed by atoms with E-state index >= 15 is 0 Å². The van der Waals surface area contributed by atoms with E-state index in [0.717, 1.165) is 0 Å². The number of primary amides is 1. The Morgan fingerprint density at radius 2 is 1.75 bits per heavy atom. The van der Waals surface area contributed by atoms with Crippen LogP contribution in [0.5, 0.6) is 0 Å². The van der Waals surface area contributed by atoms with E-state index in [4.69, 9.17) is 15.6 Å². The Hall–Kier alpha value is -1.52. The third kappa shape index (κ3) is 5.34. The first-order valence-corrected chi connectivity index (χ1v) is 15.6. The van der Waals surface area contributed by atoms with Crippen LogP contribution in [0.3, 0.4) is 0 Å². The third-order valence-electron chi connectivity index (χ3n) is 7.06. The molecule has 32 heavy (non-hydrogen) atoms. The largest absolute Gasteiger partial charge is 0.411 e. The van der Waals surface area contributed by atoms with Gasteiger partial charge in [-0.3, -0.25) is 15.0 Å². The second kappa shape index (κ2) is 8.36. The van der Waals surface area contributed by atoms with Crippen LogP contribution in [0.4, 0.5) is 0 Å². The second-order valence-corrected chi connectivity index (χ2v) is 18.5. The van der Waals surface area contributed by atoms with Gasteiger partial charge < -0.3 is 15.1 Å². The summed E-state index contributed by atoms with van der Waals surface area (Å²) in [7, 11) is -5.70. The minimum absolute atomic E-state index is 0.0360. The fourth-order valence-electron chi connectivity index (χ4n) is 4.05. The molecule has 0 radical (unpaired) electrons. The molecule has 0 bridgehead atoms. The van der Waals surface area contributed by atoms with Crippen molar-refractivity contribution in [1.29, 1.82) is 5.41 Å². The first-order valence-electron chi connectivity index (χ1n) is 11.1. The SMILES string of the molecule is CC1=C(C(=N)C(N)=O)CCN(CC2(S(=O)(=O)CC(C)(C)O[Si](C)(C)C(C)(C)C)CC2)C1=O. The molecule has 1 aliphatic heterocycles. The number of hydrogen-bond acceptors (Lipinski definition) is 6. The van der Waals surface area contributed by atoms with Crippen LogP contribution in [0.15, 0.2) is 11.1 Å². The molecule has 1 saturated carbocycles. The van der Waals surface area contributed by atoms with E-state index in [0.29, 0.717) is 24.8 Å². The maximum atomic E-state index is 13.5. The van der Waals surface area contributed by atoms with Gasteiger partial charge >= 0.3 is 0 Å². The molecule has 3 N–H and O–H groups in total. The minimum Gasteiger partial charge on any atom is -0.411 e. The number of sulfone groups is 1. The minimum atomic E-state index is -3.54. The van der Waals surface area contributed by atoms with E-state index in [-0.39, 0.29) is 41.1 Å². The van der Waals surface area contributed by atoms with Crippen LogP contribution in [0.2, 0.25) is 18.1 Å². The summed E-state index contributed by atoms with van der Waals surface area (Å²) in [5, 5.41) is 7.78. The Balaban J connectivity index is 2.18. The highest BCUT2D eigenvalue weighted by molar-refractivity contribution is 7.93. The average Bonchev–Trinajstić information content (AvgIpc) is 3.37. The second-order valence-electron chi connectivity index (χ2n) is 11.4. The molecule has 0 spiro atoms. The summed E-state index contributed by atoms with van der Waals surface area (Å²) in [5.74, 6) is -1.30. The summed E-state index contributed by atoms with van der Waals surface area (Å²) >= 11 is 0. The van der Waals surface area contributed by atoms with Crippen molar-refractivity contribution in [2.75, 3.05) is 18.8 Å². The van der Waals surface area contributed by atoms with Gasteiger partial charge in [0.15, 0.2) is 18.2 Å². The van der Waals surface area contributed by atoms with Crippen molar-refractivity contribution in [1.82, 2.24) is 4.90 Å². The van der Waals surface area contributed by atoms with E-state index in [1.807, 2.05) is 13.8 Å². The topological polar surface area (TPSA) is 131 Å². The maximum absolute atomic E-state index is 13.5. The van der Waals surface area contributed by atoms with Crippen molar-refractivity contribution in [2.24, 2.45) is 5.73 Å². The number of carbonyl (C=O) groups excluding carboxylic acids is 2. The smallest absolute Gasteiger partial charge is 0.266 e. The summed E-state index contributed by atoms with van der Waals surface area (Å²) in [4.78, 5) is 25.8. The highest BCUT2D eigenvalue weighted by Gasteiger charge is 2.57. The molecule has 0 aromatic rings. The quantitative estimate of drug-likeness (QED) is 0.383. The Bertz CT molecular complexity index is 957. The van der Waals surface area contributed by atoms with Crippen LogP contribution in [0.1, 0.15) is 60.8 Å². The standard InChI is InChI=1S/C22H39N3O5SSi/c1-15-16(17(23)18(24)26)9-12-25(19(15)27)13-22(10-11-22)31(28,29)14-21(5,6)30-32(7,8)20(2,3)4/h23H,9-14H2,1-8H3,(H2,24,26). The Labute approximate surface area is 193 Å². The zero-order valence-electron chi connectivity index (χ0n) is 20.7. The molecule has 2 aliphatic rings. The molecule has 182 valence electrons. The number of hydrogen-bond donors (Lipinski definition) is 2. The van der Waals surface area contributed by atoms with Crippen LogP contribution >= 0.6 is 0 Å². The fourth-order valence-corrected chi connectivity index (χ4v) is 8.27. The van der Waals surface area contributed by atoms with E-state index in [1.54, 1.807) is 11.8 Å². The Kier molecular flexibility index (Phi) is 6.98. The molecule has 1 fully saturated rings. The third-order valence-corrected chi connectivity index (χ3v) is 14.7. The van der Waals surface area contributed by atoms with E-state index in [9.17, 15) is 18.0 Å². The normalized spacial score (nSPS) is 19.9. The van der Waals surface area contributed by atoms with Gasteiger partial charge in [0.05, 0.1) is 16.1 Å². The summed E-state index contributed by atoms with van der Waals surface area (Å²) < 4.78 is 32.5. The number of nitrogens with zero attached hydrogens (tertiary/aromatic N) is 1. The lowest BCUT2D eigenvalue weighted by atomic mass is 9.95. The van der Waals surface area contributed by atoms with Crippen LogP contribution in [0.25, 0.3) is 0 Å². The number of nitrogens with one attached hydrogen (secondary N) is 1. The summed E-state index contributed by atoms with van der Waals surface area (Å²) in [6, 6.07) is 0. The van der Waals surface area contributed by atoms with Gasteiger partial charge in [0, 0.05) is 18.7 Å². The molecule has 1 aliphatic carbocycles. The van der Waals surface area contributed by atoms with Gasteiger partial charge in [-0.1, -0.05) is 20.8 Å². The van der Waals surface area contributed by atoms with Crippen LogP contribution in [-0.2, 0) is 23.9 Å². The maximum Gasteiger partial charge on any atom is 0.266 e. The van der Waals surface area contributed by atoms with E-state index in [1.165, 1.54) is 0 Å². The van der Waals surface area contributed by atoms with Crippen molar-refractivity contribution in [3.63, 3.8) is 0 Å². The van der Waals surface area contributed by atoms with Crippen molar-refractivity contribution in [3.05, 3.63) is 11.1 Å². The molecule has 0 atom stereocenters. The fraction of sp³-hybridized carbons (Fsp3) is 0.773. The molecule has 2 amide bonds. The van der Waals surface area contributed by atoms with Crippen molar-refractivity contribution in [3.8, 4) is 0 Å². The lowest BCUT2D eigenvalue weighted by Gasteiger charge is -2.43. The van der Waals surface area contributed by atoms with Gasteiger partial charge in [-0.2, -0.15) is 0 Å². The van der Waals surface area contributed by atoms with Crippen LogP contribution in [0, 0.1) is 5.41 Å². The van der Waals surface area contributed by atoms with Gasteiger partial charge in [-0.15, -0.1) is 0 Å². The molecule has 0 aromatic heterocycles. The molecular weight excluding hydrogens is 446 g/mol. The summed E-state index contributed by atoms with van der Waals surface area (Å²) in [5.41, 5.74) is 4.64. The van der Waals surface area contributed by atoms with Crippen LogP contribution in [-0.4, -0.2) is 68.4 Å². The first kappa shape index (κ1) is 26.7. The molecule has 8 nitrogen and oxygen atoms in total. The molecular formula is C22H39N3O5SSi. The molecule has 2 rings (SSSR count). The first-order chi connectivity index (χ1) is 14.3. The summed E-state index contributed by atoms with van der Waals surface area (Å²) in [6.45, 7) is 16.2. The van der Waals surface area contributed by atoms with Gasteiger partial charge in [-0.05, 0) is 63.7 Å². The molecule has 10 heteroatoms. The predicted molar refractivity (Wildman–Crippen MR) is 129 cm³/mol. The zero-order valence-corrected chi connectivity index (χ0v) is 22.5. The predicted octanol–water partition coefficient (Wildman–Crippen LogP) is 2.79. The molecule has 0 unspecified atom stereocenters. The Morgan fingerprint density at radius 3 is 2.19 bits per heavy atom. The van der Waals surface area contributed by atoms with Crippen molar-refractivity contribution < 1.29 is 22.4 Å². The number of rotatable bonds is 9. The van der Waals surface area contributed by atoms with E-state index in [2.05, 4.69) is 33.9 Å². The van der Waals surface area contributed by atoms with Gasteiger partial charge in [0.25, 0.3) is 5.91 Å².